The molecule has 0 amide bonds. The van der Waals surface area contributed by atoms with E-state index in [0.29, 0.717) is 5.75 Å². The van der Waals surface area contributed by atoms with Gasteiger partial charge in [0.15, 0.2) is 0 Å². The summed E-state index contributed by atoms with van der Waals surface area (Å²) in [6.45, 7) is 0. The molecule has 4 nitrogen and oxygen atoms in total. The largest absolute Gasteiger partial charge is 0.497 e. The Morgan fingerprint density at radius 2 is 1.87 bits per heavy atom. The molecule has 1 aromatic heterocycles. The second-order valence-electron chi connectivity index (χ2n) is 5.76. The molecule has 0 spiro atoms. The SMILES string of the molecule is COc1ccc2ccc(OC(=O)[C@H]3C[C@@H]3c3ccco3)cc2c1. The number of benzene rings is 2. The van der Waals surface area contributed by atoms with Crippen LogP contribution in [-0.4, -0.2) is 13.1 Å². The number of methoxy groups -OCH3 is 1. The lowest BCUT2D eigenvalue weighted by molar-refractivity contribution is -0.135. The quantitative estimate of drug-likeness (QED) is 0.536. The molecule has 4 rings (SSSR count). The molecule has 1 saturated carbocycles. The Morgan fingerprint density at radius 3 is 2.61 bits per heavy atom. The number of hydrogen-bond acceptors (Lipinski definition) is 4. The van der Waals surface area contributed by atoms with Gasteiger partial charge in [-0.3, -0.25) is 4.79 Å². The van der Waals surface area contributed by atoms with Crippen LogP contribution >= 0.6 is 0 Å². The van der Waals surface area contributed by atoms with Crippen molar-refractivity contribution < 1.29 is 18.7 Å². The highest BCUT2D eigenvalue weighted by atomic mass is 16.5. The minimum atomic E-state index is -0.200. The fourth-order valence-electron chi connectivity index (χ4n) is 2.86. The van der Waals surface area contributed by atoms with Gasteiger partial charge in [-0.05, 0) is 53.6 Å². The summed E-state index contributed by atoms with van der Waals surface area (Å²) >= 11 is 0. The van der Waals surface area contributed by atoms with Gasteiger partial charge in [0.25, 0.3) is 0 Å². The van der Waals surface area contributed by atoms with E-state index in [0.717, 1.165) is 28.7 Å². The lowest BCUT2D eigenvalue weighted by Gasteiger charge is -2.07. The highest BCUT2D eigenvalue weighted by molar-refractivity contribution is 5.86. The Bertz CT molecular complexity index is 851. The first-order chi connectivity index (χ1) is 11.2. The summed E-state index contributed by atoms with van der Waals surface area (Å²) in [5.74, 6) is 2.03. The van der Waals surface area contributed by atoms with E-state index in [-0.39, 0.29) is 17.8 Å². The summed E-state index contributed by atoms with van der Waals surface area (Å²) in [5, 5.41) is 2.05. The van der Waals surface area contributed by atoms with E-state index in [4.69, 9.17) is 13.9 Å². The van der Waals surface area contributed by atoms with Crippen LogP contribution in [0.4, 0.5) is 0 Å². The first-order valence-electron chi connectivity index (χ1n) is 7.57. The van der Waals surface area contributed by atoms with Gasteiger partial charge in [-0.1, -0.05) is 12.1 Å². The lowest BCUT2D eigenvalue weighted by Crippen LogP contribution is -2.11. The third-order valence-electron chi connectivity index (χ3n) is 4.24. The van der Waals surface area contributed by atoms with E-state index < -0.39 is 0 Å². The fourth-order valence-corrected chi connectivity index (χ4v) is 2.86. The summed E-state index contributed by atoms with van der Waals surface area (Å²) in [7, 11) is 1.63. The average molecular weight is 308 g/mol. The van der Waals surface area contributed by atoms with Gasteiger partial charge in [0.1, 0.15) is 17.3 Å². The van der Waals surface area contributed by atoms with Gasteiger partial charge in [0.05, 0.1) is 19.3 Å². The maximum absolute atomic E-state index is 12.3. The Morgan fingerprint density at radius 1 is 1.09 bits per heavy atom. The monoisotopic (exact) mass is 308 g/mol. The molecule has 3 aromatic rings. The minimum absolute atomic E-state index is 0.109. The molecule has 0 radical (unpaired) electrons. The summed E-state index contributed by atoms with van der Waals surface area (Å²) in [5.41, 5.74) is 0. The van der Waals surface area contributed by atoms with Crippen LogP contribution in [-0.2, 0) is 4.79 Å². The summed E-state index contributed by atoms with van der Waals surface area (Å²) in [4.78, 5) is 12.3. The summed E-state index contributed by atoms with van der Waals surface area (Å²) in [6, 6.07) is 15.2. The van der Waals surface area contributed by atoms with E-state index in [1.165, 1.54) is 0 Å². The van der Waals surface area contributed by atoms with Crippen LogP contribution in [0.3, 0.4) is 0 Å². The van der Waals surface area contributed by atoms with Crippen LogP contribution in [0.2, 0.25) is 0 Å². The zero-order chi connectivity index (χ0) is 15.8. The minimum Gasteiger partial charge on any atom is -0.497 e. The number of hydrogen-bond donors (Lipinski definition) is 0. The predicted octanol–water partition coefficient (Wildman–Crippen LogP) is 4.15. The molecule has 0 saturated heterocycles. The van der Waals surface area contributed by atoms with Gasteiger partial charge in [0, 0.05) is 5.92 Å². The van der Waals surface area contributed by atoms with Gasteiger partial charge in [0.2, 0.25) is 0 Å². The fraction of sp³-hybridized carbons (Fsp3) is 0.211. The van der Waals surface area contributed by atoms with Crippen molar-refractivity contribution in [3.8, 4) is 11.5 Å². The Balaban J connectivity index is 1.50. The van der Waals surface area contributed by atoms with E-state index in [9.17, 15) is 4.79 Å². The summed E-state index contributed by atoms with van der Waals surface area (Å²) in [6.07, 6.45) is 2.42. The smallest absolute Gasteiger partial charge is 0.315 e. The molecular formula is C19H16O4. The molecule has 2 atom stereocenters. The molecule has 1 heterocycles. The molecule has 1 fully saturated rings. The summed E-state index contributed by atoms with van der Waals surface area (Å²) < 4.78 is 16.1. The first-order valence-corrected chi connectivity index (χ1v) is 7.57. The molecule has 1 aliphatic carbocycles. The van der Waals surface area contributed by atoms with Gasteiger partial charge in [-0.25, -0.2) is 0 Å². The van der Waals surface area contributed by atoms with Crippen molar-refractivity contribution in [1.29, 1.82) is 0 Å². The zero-order valence-electron chi connectivity index (χ0n) is 12.7. The number of ether oxygens (including phenoxy) is 2. The van der Waals surface area contributed by atoms with Crippen molar-refractivity contribution in [2.45, 2.75) is 12.3 Å². The molecular weight excluding hydrogens is 292 g/mol. The molecule has 0 aliphatic heterocycles. The molecule has 0 bridgehead atoms. The standard InChI is InChI=1S/C19H16O4/c1-21-14-6-4-12-5-7-15(10-13(12)9-14)23-19(20)17-11-16(17)18-3-2-8-22-18/h2-10,16-17H,11H2,1H3/t16-,17-/m0/s1. The molecule has 0 N–H and O–H groups in total. The third kappa shape index (κ3) is 2.68. The van der Waals surface area contributed by atoms with E-state index in [1.54, 1.807) is 13.4 Å². The van der Waals surface area contributed by atoms with Gasteiger partial charge < -0.3 is 13.9 Å². The van der Waals surface area contributed by atoms with E-state index in [1.807, 2.05) is 48.5 Å². The normalized spacial score (nSPS) is 19.5. The van der Waals surface area contributed by atoms with Crippen LogP contribution in [0.5, 0.6) is 11.5 Å². The van der Waals surface area contributed by atoms with Crippen LogP contribution < -0.4 is 9.47 Å². The van der Waals surface area contributed by atoms with Gasteiger partial charge >= 0.3 is 5.97 Å². The van der Waals surface area contributed by atoms with Crippen molar-refractivity contribution in [3.05, 3.63) is 60.6 Å². The second-order valence-corrected chi connectivity index (χ2v) is 5.76. The Kier molecular flexibility index (Phi) is 3.30. The van der Waals surface area contributed by atoms with Crippen LogP contribution in [0.1, 0.15) is 18.1 Å². The number of fused-ring (bicyclic) bond motifs is 1. The van der Waals surface area contributed by atoms with Crippen molar-refractivity contribution in [2.24, 2.45) is 5.92 Å². The van der Waals surface area contributed by atoms with Gasteiger partial charge in [-0.15, -0.1) is 0 Å². The first kappa shape index (κ1) is 13.9. The predicted molar refractivity (Wildman–Crippen MR) is 85.7 cm³/mol. The highest BCUT2D eigenvalue weighted by Crippen LogP contribution is 2.48. The number of esters is 1. The molecule has 116 valence electrons. The number of rotatable bonds is 4. The zero-order valence-corrected chi connectivity index (χ0v) is 12.7. The molecule has 1 aliphatic rings. The lowest BCUT2D eigenvalue weighted by atomic mass is 10.1. The van der Waals surface area contributed by atoms with Crippen LogP contribution in [0.15, 0.2) is 59.2 Å². The molecule has 2 aromatic carbocycles. The topological polar surface area (TPSA) is 48.7 Å². The molecule has 23 heavy (non-hydrogen) atoms. The van der Waals surface area contributed by atoms with Crippen LogP contribution in [0, 0.1) is 5.92 Å². The second kappa shape index (κ2) is 5.47. The van der Waals surface area contributed by atoms with Gasteiger partial charge in [-0.2, -0.15) is 0 Å². The number of carbonyl (C=O) groups is 1. The Hall–Kier alpha value is -2.75. The van der Waals surface area contributed by atoms with Crippen molar-refractivity contribution in [2.75, 3.05) is 7.11 Å². The third-order valence-corrected chi connectivity index (χ3v) is 4.24. The maximum Gasteiger partial charge on any atom is 0.315 e. The van der Waals surface area contributed by atoms with E-state index >= 15 is 0 Å². The Labute approximate surface area is 133 Å². The van der Waals surface area contributed by atoms with Crippen molar-refractivity contribution in [3.63, 3.8) is 0 Å². The molecule has 4 heteroatoms. The number of carbonyl (C=O) groups excluding carboxylic acids is 1. The van der Waals surface area contributed by atoms with E-state index in [2.05, 4.69) is 0 Å². The van der Waals surface area contributed by atoms with Crippen LogP contribution in [0.25, 0.3) is 10.8 Å². The highest BCUT2D eigenvalue weighted by Gasteiger charge is 2.47. The van der Waals surface area contributed by atoms with Crippen molar-refractivity contribution >= 4 is 16.7 Å². The van der Waals surface area contributed by atoms with Crippen molar-refractivity contribution in [1.82, 2.24) is 0 Å². The average Bonchev–Trinajstić information content (AvgIpc) is 3.20. The molecule has 0 unspecified atom stereocenters. The maximum atomic E-state index is 12.3. The number of furan rings is 1.